The van der Waals surface area contributed by atoms with E-state index in [2.05, 4.69) is 5.32 Å². The molecule has 0 saturated heterocycles. The van der Waals surface area contributed by atoms with Gasteiger partial charge in [0.15, 0.2) is 0 Å². The summed E-state index contributed by atoms with van der Waals surface area (Å²) in [7, 11) is 0. The zero-order valence-corrected chi connectivity index (χ0v) is 14.0. The molecule has 0 radical (unpaired) electrons. The van der Waals surface area contributed by atoms with Crippen LogP contribution in [0.4, 0.5) is 4.39 Å². The number of halogens is 1. The Morgan fingerprint density at radius 3 is 2.54 bits per heavy atom. The normalized spacial score (nSPS) is 11.5. The van der Waals surface area contributed by atoms with Gasteiger partial charge in [-0.1, -0.05) is 48.5 Å². The lowest BCUT2D eigenvalue weighted by molar-refractivity contribution is -0.121. The van der Waals surface area contributed by atoms with E-state index in [0.717, 1.165) is 11.3 Å². The number of rotatable bonds is 6. The average Bonchev–Trinajstić information content (AvgIpc) is 3.15. The van der Waals surface area contributed by atoms with Crippen molar-refractivity contribution in [1.82, 2.24) is 5.32 Å². The number of carbonyl (C=O) groups is 1. The standard InChI is InChI=1S/C21H17FN2O2/c22-18-9-5-4-8-17(18)19(14-23)24-21(25)13-11-16-10-12-20(26-16)15-6-2-1-3-7-15/h1-10,12,19H,11,13H2,(H,24,25). The summed E-state index contributed by atoms with van der Waals surface area (Å²) in [5.74, 6) is 0.566. The maximum atomic E-state index is 13.8. The highest BCUT2D eigenvalue weighted by molar-refractivity contribution is 5.77. The largest absolute Gasteiger partial charge is 0.461 e. The Labute approximate surface area is 150 Å². The molecule has 1 heterocycles. The molecule has 3 aromatic rings. The van der Waals surface area contributed by atoms with E-state index < -0.39 is 11.9 Å². The highest BCUT2D eigenvalue weighted by Gasteiger charge is 2.17. The molecule has 1 N–H and O–H groups in total. The number of amides is 1. The molecule has 1 unspecified atom stereocenters. The molecule has 26 heavy (non-hydrogen) atoms. The van der Waals surface area contributed by atoms with E-state index in [4.69, 9.17) is 4.42 Å². The predicted molar refractivity (Wildman–Crippen MR) is 95.4 cm³/mol. The zero-order chi connectivity index (χ0) is 18.4. The minimum Gasteiger partial charge on any atom is -0.461 e. The van der Waals surface area contributed by atoms with Crippen molar-refractivity contribution < 1.29 is 13.6 Å². The maximum Gasteiger partial charge on any atom is 0.221 e. The fourth-order valence-electron chi connectivity index (χ4n) is 2.63. The Morgan fingerprint density at radius 2 is 1.81 bits per heavy atom. The van der Waals surface area contributed by atoms with Crippen molar-refractivity contribution >= 4 is 5.91 Å². The van der Waals surface area contributed by atoms with Crippen LogP contribution in [0.1, 0.15) is 23.8 Å². The van der Waals surface area contributed by atoms with E-state index in [1.54, 1.807) is 6.07 Å². The minimum atomic E-state index is -1.01. The molecule has 5 heteroatoms. The SMILES string of the molecule is N#CC(NC(=O)CCc1ccc(-c2ccccc2)o1)c1ccccc1F. The Balaban J connectivity index is 1.58. The van der Waals surface area contributed by atoms with Crippen LogP contribution in [-0.2, 0) is 11.2 Å². The molecule has 0 aliphatic rings. The van der Waals surface area contributed by atoms with Gasteiger partial charge in [-0.05, 0) is 18.2 Å². The van der Waals surface area contributed by atoms with Crippen molar-refractivity contribution in [2.45, 2.75) is 18.9 Å². The second kappa shape index (κ2) is 8.13. The number of hydrogen-bond acceptors (Lipinski definition) is 3. The number of carbonyl (C=O) groups excluding carboxylic acids is 1. The molecule has 1 atom stereocenters. The summed E-state index contributed by atoms with van der Waals surface area (Å²) in [6.45, 7) is 0. The van der Waals surface area contributed by atoms with Crippen molar-refractivity contribution in [3.8, 4) is 17.4 Å². The van der Waals surface area contributed by atoms with Crippen molar-refractivity contribution in [3.63, 3.8) is 0 Å². The first-order valence-electron chi connectivity index (χ1n) is 8.25. The predicted octanol–water partition coefficient (Wildman–Crippen LogP) is 4.40. The van der Waals surface area contributed by atoms with Crippen molar-refractivity contribution in [1.29, 1.82) is 5.26 Å². The molecule has 0 fully saturated rings. The molecule has 0 spiro atoms. The van der Waals surface area contributed by atoms with Crippen LogP contribution in [0.2, 0.25) is 0 Å². The van der Waals surface area contributed by atoms with E-state index in [0.29, 0.717) is 12.2 Å². The van der Waals surface area contributed by atoms with Crippen LogP contribution in [0.15, 0.2) is 71.1 Å². The Kier molecular flexibility index (Phi) is 5.45. The van der Waals surface area contributed by atoms with Gasteiger partial charge in [-0.2, -0.15) is 5.26 Å². The summed E-state index contributed by atoms with van der Waals surface area (Å²) in [6.07, 6.45) is 0.544. The van der Waals surface area contributed by atoms with Crippen LogP contribution in [0, 0.1) is 17.1 Å². The second-order valence-electron chi connectivity index (χ2n) is 5.78. The van der Waals surface area contributed by atoms with Crippen LogP contribution in [-0.4, -0.2) is 5.91 Å². The summed E-state index contributed by atoms with van der Waals surface area (Å²) in [5, 5.41) is 11.8. The summed E-state index contributed by atoms with van der Waals surface area (Å²) in [5.41, 5.74) is 1.13. The molecule has 4 nitrogen and oxygen atoms in total. The number of hydrogen-bond donors (Lipinski definition) is 1. The maximum absolute atomic E-state index is 13.8. The number of nitrogens with one attached hydrogen (secondary N) is 1. The number of nitrogens with zero attached hydrogens (tertiary/aromatic N) is 1. The van der Waals surface area contributed by atoms with Gasteiger partial charge in [0.2, 0.25) is 5.91 Å². The molecule has 3 rings (SSSR count). The third-order valence-corrected chi connectivity index (χ3v) is 3.97. The number of benzene rings is 2. The molecule has 0 aliphatic heterocycles. The molecule has 0 bridgehead atoms. The fraction of sp³-hybridized carbons (Fsp3) is 0.143. The van der Waals surface area contributed by atoms with Crippen LogP contribution in [0.25, 0.3) is 11.3 Å². The number of furan rings is 1. The van der Waals surface area contributed by atoms with Gasteiger partial charge >= 0.3 is 0 Å². The fourth-order valence-corrected chi connectivity index (χ4v) is 2.63. The molecule has 1 amide bonds. The van der Waals surface area contributed by atoms with Gasteiger partial charge in [0.05, 0.1) is 6.07 Å². The van der Waals surface area contributed by atoms with E-state index in [-0.39, 0.29) is 17.9 Å². The van der Waals surface area contributed by atoms with Crippen molar-refractivity contribution in [3.05, 3.63) is 83.9 Å². The summed E-state index contributed by atoms with van der Waals surface area (Å²) < 4.78 is 19.5. The number of aryl methyl sites for hydroxylation is 1. The van der Waals surface area contributed by atoms with Gasteiger partial charge in [0.25, 0.3) is 0 Å². The molecule has 2 aromatic carbocycles. The van der Waals surface area contributed by atoms with Crippen LogP contribution < -0.4 is 5.32 Å². The number of nitriles is 1. The van der Waals surface area contributed by atoms with Gasteiger partial charge < -0.3 is 9.73 Å². The summed E-state index contributed by atoms with van der Waals surface area (Å²) >= 11 is 0. The Morgan fingerprint density at radius 1 is 1.08 bits per heavy atom. The second-order valence-corrected chi connectivity index (χ2v) is 5.78. The smallest absolute Gasteiger partial charge is 0.221 e. The van der Waals surface area contributed by atoms with E-state index in [1.165, 1.54) is 18.2 Å². The first-order chi connectivity index (χ1) is 12.7. The van der Waals surface area contributed by atoms with Gasteiger partial charge in [0.1, 0.15) is 23.4 Å². The molecule has 0 aliphatic carbocycles. The minimum absolute atomic E-state index is 0.147. The van der Waals surface area contributed by atoms with Gasteiger partial charge in [-0.3, -0.25) is 4.79 Å². The topological polar surface area (TPSA) is 66.0 Å². The monoisotopic (exact) mass is 348 g/mol. The van der Waals surface area contributed by atoms with Gasteiger partial charge in [-0.25, -0.2) is 4.39 Å². The van der Waals surface area contributed by atoms with Crippen LogP contribution in [0.5, 0.6) is 0 Å². The van der Waals surface area contributed by atoms with Crippen molar-refractivity contribution in [2.24, 2.45) is 0 Å². The molecule has 1 aromatic heterocycles. The molecular formula is C21H17FN2O2. The lowest BCUT2D eigenvalue weighted by atomic mass is 10.1. The van der Waals surface area contributed by atoms with Crippen LogP contribution >= 0.6 is 0 Å². The average molecular weight is 348 g/mol. The van der Waals surface area contributed by atoms with E-state index >= 15 is 0 Å². The first kappa shape index (κ1) is 17.4. The molecule has 130 valence electrons. The quantitative estimate of drug-likeness (QED) is 0.718. The zero-order valence-electron chi connectivity index (χ0n) is 14.0. The summed E-state index contributed by atoms with van der Waals surface area (Å²) in [6, 6.07) is 20.2. The Hall–Kier alpha value is -3.39. The highest BCUT2D eigenvalue weighted by atomic mass is 19.1. The molecule has 0 saturated carbocycles. The van der Waals surface area contributed by atoms with Gasteiger partial charge in [0, 0.05) is 24.0 Å². The van der Waals surface area contributed by atoms with E-state index in [1.807, 2.05) is 48.5 Å². The third-order valence-electron chi connectivity index (χ3n) is 3.97. The highest BCUT2D eigenvalue weighted by Crippen LogP contribution is 2.22. The van der Waals surface area contributed by atoms with Crippen LogP contribution in [0.3, 0.4) is 0 Å². The summed E-state index contributed by atoms with van der Waals surface area (Å²) in [4.78, 5) is 12.1. The Bertz CT molecular complexity index is 928. The van der Waals surface area contributed by atoms with E-state index in [9.17, 15) is 14.4 Å². The van der Waals surface area contributed by atoms with Gasteiger partial charge in [-0.15, -0.1) is 0 Å². The lowest BCUT2D eigenvalue weighted by Gasteiger charge is -2.12. The van der Waals surface area contributed by atoms with Crippen molar-refractivity contribution in [2.75, 3.05) is 0 Å². The lowest BCUT2D eigenvalue weighted by Crippen LogP contribution is -2.28. The first-order valence-corrected chi connectivity index (χ1v) is 8.25. The third kappa shape index (κ3) is 4.17. The molecular weight excluding hydrogens is 331 g/mol.